The molecular formula is C15H6Cl2F8Sn. The van der Waals surface area contributed by atoms with Gasteiger partial charge >= 0.3 is 153 Å². The summed E-state index contributed by atoms with van der Waals surface area (Å²) in [4.78, 5) is 0. The fraction of sp³-hybridized carbons (Fsp3) is 0.200. The van der Waals surface area contributed by atoms with Gasteiger partial charge in [-0.2, -0.15) is 0 Å². The van der Waals surface area contributed by atoms with Crippen LogP contribution < -0.4 is 7.16 Å². The summed E-state index contributed by atoms with van der Waals surface area (Å²) < 4.78 is 110. The third kappa shape index (κ3) is 2.55. The maximum absolute atomic E-state index is 14.4. The second-order valence-corrected chi connectivity index (χ2v) is 20.9. The van der Waals surface area contributed by atoms with Crippen molar-refractivity contribution in [1.82, 2.24) is 0 Å². The summed E-state index contributed by atoms with van der Waals surface area (Å²) in [5, 5.41) is 0. The normalized spacial score (nSPS) is 18.3. The quantitative estimate of drug-likeness (QED) is 0.205. The monoisotopic (exact) mass is 528 g/mol. The summed E-state index contributed by atoms with van der Waals surface area (Å²) in [5.41, 5.74) is -1.59. The van der Waals surface area contributed by atoms with Gasteiger partial charge in [-0.3, -0.25) is 0 Å². The number of benzene rings is 2. The second-order valence-electron chi connectivity index (χ2n) is 5.83. The molecule has 0 saturated carbocycles. The predicted octanol–water partition coefficient (Wildman–Crippen LogP) is 4.49. The van der Waals surface area contributed by atoms with E-state index in [9.17, 15) is 35.1 Å². The number of hydrogen-bond donors (Lipinski definition) is 0. The zero-order chi connectivity index (χ0) is 19.7. The molecule has 0 bridgehead atoms. The van der Waals surface area contributed by atoms with E-state index in [1.54, 1.807) is 0 Å². The predicted molar refractivity (Wildman–Crippen MR) is 81.4 cm³/mol. The Morgan fingerprint density at radius 2 is 1.08 bits per heavy atom. The van der Waals surface area contributed by atoms with E-state index in [-0.39, 0.29) is 0 Å². The van der Waals surface area contributed by atoms with E-state index in [1.807, 2.05) is 0 Å². The van der Waals surface area contributed by atoms with Gasteiger partial charge in [0.25, 0.3) is 0 Å². The summed E-state index contributed by atoms with van der Waals surface area (Å²) in [6.45, 7) is 1.15. The molecule has 0 spiro atoms. The van der Waals surface area contributed by atoms with Crippen molar-refractivity contribution in [2.45, 2.75) is 19.3 Å². The molecule has 0 aromatic heterocycles. The third-order valence-corrected chi connectivity index (χ3v) is 15.8. The summed E-state index contributed by atoms with van der Waals surface area (Å²) in [5.74, 6) is -17.6. The summed E-state index contributed by atoms with van der Waals surface area (Å²) >= 11 is -5.82. The van der Waals surface area contributed by atoms with Crippen molar-refractivity contribution in [2.24, 2.45) is 0 Å². The zero-order valence-corrected chi connectivity index (χ0v) is 16.9. The van der Waals surface area contributed by atoms with E-state index in [0.29, 0.717) is 0 Å². The van der Waals surface area contributed by atoms with Gasteiger partial charge in [0.15, 0.2) is 0 Å². The standard InChI is InChI=1S/C15H6F8.2ClH.Sn/c1-5(7-4-9(17)13(21)15(23)11(7)19)2-6-3-8(16)12(20)14(22)10(6)18;;;/h5H,2H2,1H3;2*1H;/q;;;+2/p-2. The van der Waals surface area contributed by atoms with Crippen LogP contribution in [-0.4, -0.2) is 16.1 Å². The number of rotatable bonds is 0. The molecule has 1 unspecified atom stereocenters. The molecule has 11 heteroatoms. The Labute approximate surface area is 153 Å². The van der Waals surface area contributed by atoms with Gasteiger partial charge in [-0.05, 0) is 0 Å². The Kier molecular flexibility index (Phi) is 4.93. The molecule has 1 atom stereocenters. The van der Waals surface area contributed by atoms with E-state index in [0.717, 1.165) is 6.92 Å². The van der Waals surface area contributed by atoms with Crippen LogP contribution in [0.3, 0.4) is 0 Å². The minimum atomic E-state index is -5.82. The van der Waals surface area contributed by atoms with Crippen LogP contribution >= 0.6 is 17.8 Å². The third-order valence-electron chi connectivity index (χ3n) is 4.30. The molecule has 0 N–H and O–H groups in total. The van der Waals surface area contributed by atoms with Crippen LogP contribution in [0.15, 0.2) is 0 Å². The maximum atomic E-state index is 14.4. The molecule has 1 aliphatic rings. The van der Waals surface area contributed by atoms with Crippen LogP contribution in [0.2, 0.25) is 0 Å². The summed E-state index contributed by atoms with van der Waals surface area (Å²) in [6, 6.07) is 0. The fourth-order valence-electron chi connectivity index (χ4n) is 3.15. The van der Waals surface area contributed by atoms with E-state index < -0.39 is 93.3 Å². The molecule has 140 valence electrons. The Balaban J connectivity index is 2.54. The van der Waals surface area contributed by atoms with Gasteiger partial charge in [-0.15, -0.1) is 0 Å². The molecule has 0 nitrogen and oxygen atoms in total. The van der Waals surface area contributed by atoms with Crippen LogP contribution in [0.25, 0.3) is 0 Å². The van der Waals surface area contributed by atoms with Gasteiger partial charge in [-0.1, -0.05) is 0 Å². The average molecular weight is 528 g/mol. The SMILES string of the molecule is CC1Cc2c(F)c(F)c(F)c(F)[c]2[Sn]([Cl])([Cl])[c]2c(F)c(F)c(F)c(F)c21. The Hall–Kier alpha value is -0.741. The van der Waals surface area contributed by atoms with Crippen LogP contribution in [0, 0.1) is 46.5 Å². The topological polar surface area (TPSA) is 0 Å². The van der Waals surface area contributed by atoms with Crippen molar-refractivity contribution >= 4 is 41.1 Å². The van der Waals surface area contributed by atoms with Crippen LogP contribution in [-0.2, 0) is 6.42 Å². The Bertz CT molecular complexity index is 960. The van der Waals surface area contributed by atoms with Crippen LogP contribution in [0.5, 0.6) is 0 Å². The van der Waals surface area contributed by atoms with Crippen molar-refractivity contribution < 1.29 is 35.1 Å². The van der Waals surface area contributed by atoms with Gasteiger partial charge in [0.2, 0.25) is 0 Å². The average Bonchev–Trinajstić information content (AvgIpc) is 2.66. The molecular weight excluding hydrogens is 522 g/mol. The minimum absolute atomic E-state index is 0.679. The van der Waals surface area contributed by atoms with E-state index in [2.05, 4.69) is 0 Å². The van der Waals surface area contributed by atoms with Crippen molar-refractivity contribution in [1.29, 1.82) is 0 Å². The first kappa shape index (κ1) is 20.0. The second kappa shape index (κ2) is 6.41. The van der Waals surface area contributed by atoms with Gasteiger partial charge in [0.1, 0.15) is 0 Å². The van der Waals surface area contributed by atoms with Crippen LogP contribution in [0.4, 0.5) is 35.1 Å². The van der Waals surface area contributed by atoms with Gasteiger partial charge < -0.3 is 0 Å². The van der Waals surface area contributed by atoms with E-state index in [1.165, 1.54) is 0 Å². The molecule has 0 fully saturated rings. The van der Waals surface area contributed by atoms with Crippen molar-refractivity contribution in [2.75, 3.05) is 0 Å². The molecule has 2 aromatic rings. The van der Waals surface area contributed by atoms with Gasteiger partial charge in [0.05, 0.1) is 0 Å². The molecule has 3 rings (SSSR count). The number of hydrogen-bond acceptors (Lipinski definition) is 0. The molecule has 0 amide bonds. The number of fused-ring (bicyclic) bond motifs is 2. The Morgan fingerprint density at radius 1 is 0.654 bits per heavy atom. The molecule has 0 radical (unpaired) electrons. The Morgan fingerprint density at radius 3 is 1.62 bits per heavy atom. The summed E-state index contributed by atoms with van der Waals surface area (Å²) in [7, 11) is 12.2. The van der Waals surface area contributed by atoms with Gasteiger partial charge in [0, 0.05) is 0 Å². The van der Waals surface area contributed by atoms with Crippen molar-refractivity contribution in [3.63, 3.8) is 0 Å². The molecule has 1 aliphatic heterocycles. The molecule has 26 heavy (non-hydrogen) atoms. The number of halogens is 10. The fourth-order valence-corrected chi connectivity index (χ4v) is 14.9. The van der Waals surface area contributed by atoms with Crippen molar-refractivity contribution in [3.8, 4) is 0 Å². The zero-order valence-electron chi connectivity index (χ0n) is 12.6. The van der Waals surface area contributed by atoms with Crippen LogP contribution in [0.1, 0.15) is 24.0 Å². The first-order valence-electron chi connectivity index (χ1n) is 7.02. The first-order chi connectivity index (χ1) is 11.9. The molecule has 1 heterocycles. The van der Waals surface area contributed by atoms with Gasteiger partial charge in [-0.25, -0.2) is 0 Å². The molecule has 0 saturated heterocycles. The first-order valence-corrected chi connectivity index (χ1v) is 17.1. The molecule has 0 aliphatic carbocycles. The van der Waals surface area contributed by atoms with E-state index in [4.69, 9.17) is 17.8 Å². The summed E-state index contributed by atoms with van der Waals surface area (Å²) in [6.07, 6.45) is -0.679. The van der Waals surface area contributed by atoms with E-state index >= 15 is 0 Å². The molecule has 2 aromatic carbocycles. The van der Waals surface area contributed by atoms with Crippen molar-refractivity contribution in [3.05, 3.63) is 57.7 Å².